The van der Waals surface area contributed by atoms with Crippen molar-refractivity contribution in [2.24, 2.45) is 5.73 Å². The molecule has 1 aliphatic rings. The van der Waals surface area contributed by atoms with Gasteiger partial charge in [0.05, 0.1) is 18.6 Å². The van der Waals surface area contributed by atoms with Gasteiger partial charge in [0.25, 0.3) is 0 Å². The fourth-order valence-electron chi connectivity index (χ4n) is 2.49. The lowest BCUT2D eigenvalue weighted by Gasteiger charge is -2.19. The first-order valence-corrected chi connectivity index (χ1v) is 7.47. The van der Waals surface area contributed by atoms with Gasteiger partial charge in [0, 0.05) is 12.8 Å². The molecule has 0 radical (unpaired) electrons. The molecule has 7 heteroatoms. The molecule has 2 N–H and O–H groups in total. The van der Waals surface area contributed by atoms with E-state index < -0.39 is 11.1 Å². The number of nitrogens with zero attached hydrogens (tertiary/aromatic N) is 2. The van der Waals surface area contributed by atoms with Gasteiger partial charge >= 0.3 is 5.97 Å². The predicted octanol–water partition coefficient (Wildman–Crippen LogP) is 1.70. The zero-order valence-electron chi connectivity index (χ0n) is 13.9. The lowest BCUT2D eigenvalue weighted by Crippen LogP contribution is -2.39. The number of ether oxygens (including phenoxy) is 2. The number of aryl methyl sites for hydroxylation is 1. The minimum atomic E-state index is -0.739. The highest BCUT2D eigenvalue weighted by Gasteiger charge is 2.46. The summed E-state index contributed by atoms with van der Waals surface area (Å²) < 4.78 is 16.1. The molecule has 0 bridgehead atoms. The van der Waals surface area contributed by atoms with Gasteiger partial charge in [-0.3, -0.25) is 4.79 Å². The number of hydrogen-bond acceptors (Lipinski definition) is 7. The van der Waals surface area contributed by atoms with Gasteiger partial charge in [-0.15, -0.1) is 0 Å². The van der Waals surface area contributed by atoms with Crippen molar-refractivity contribution in [3.05, 3.63) is 11.7 Å². The molecule has 0 aliphatic carbocycles. The van der Waals surface area contributed by atoms with Crippen LogP contribution in [0.2, 0.25) is 0 Å². The number of carbonyl (C=O) groups excluding carboxylic acids is 1. The molecule has 1 aliphatic heterocycles. The quantitative estimate of drug-likeness (QED) is 0.844. The molecular formula is C15H25N3O4. The Hall–Kier alpha value is -1.47. The van der Waals surface area contributed by atoms with E-state index in [0.717, 1.165) is 0 Å². The second kappa shape index (κ2) is 5.62. The maximum Gasteiger partial charge on any atom is 0.306 e. The van der Waals surface area contributed by atoms with Gasteiger partial charge in [0.1, 0.15) is 11.1 Å². The van der Waals surface area contributed by atoms with Crippen molar-refractivity contribution in [1.29, 1.82) is 0 Å². The molecule has 124 valence electrons. The lowest BCUT2D eigenvalue weighted by atomic mass is 9.91. The fraction of sp³-hybridized carbons (Fsp3) is 0.800. The Bertz CT molecular complexity index is 547. The van der Waals surface area contributed by atoms with Gasteiger partial charge in [-0.1, -0.05) is 5.16 Å². The van der Waals surface area contributed by atoms with E-state index in [2.05, 4.69) is 10.1 Å². The van der Waals surface area contributed by atoms with Crippen molar-refractivity contribution >= 4 is 5.97 Å². The molecule has 0 saturated carbocycles. The van der Waals surface area contributed by atoms with Crippen LogP contribution in [0, 0.1) is 0 Å². The summed E-state index contributed by atoms with van der Waals surface area (Å²) in [4.78, 5) is 16.0. The standard InChI is InChI=1S/C15H25N3O4/c1-13(2,3)21-11(19)7-6-10-17-12(18-22-10)15(16)8-14(4,5)20-9-15/h6-9,16H2,1-5H3. The van der Waals surface area contributed by atoms with Gasteiger partial charge in [-0.05, 0) is 34.6 Å². The highest BCUT2D eigenvalue weighted by atomic mass is 16.6. The van der Waals surface area contributed by atoms with Crippen LogP contribution >= 0.6 is 0 Å². The Labute approximate surface area is 130 Å². The second-order valence-electron chi connectivity index (χ2n) is 7.48. The minimum Gasteiger partial charge on any atom is -0.460 e. The average molecular weight is 311 g/mol. The van der Waals surface area contributed by atoms with Crippen LogP contribution in [0.4, 0.5) is 0 Å². The van der Waals surface area contributed by atoms with Crippen molar-refractivity contribution in [3.63, 3.8) is 0 Å². The highest BCUT2D eigenvalue weighted by Crippen LogP contribution is 2.36. The summed E-state index contributed by atoms with van der Waals surface area (Å²) in [5.41, 5.74) is 4.77. The van der Waals surface area contributed by atoms with Crippen molar-refractivity contribution in [2.75, 3.05) is 6.61 Å². The third kappa shape index (κ3) is 4.27. The van der Waals surface area contributed by atoms with Gasteiger partial charge in [-0.2, -0.15) is 4.98 Å². The fourth-order valence-corrected chi connectivity index (χ4v) is 2.49. The first-order valence-electron chi connectivity index (χ1n) is 7.47. The Kier molecular flexibility index (Phi) is 4.32. The summed E-state index contributed by atoms with van der Waals surface area (Å²) >= 11 is 0. The monoisotopic (exact) mass is 311 g/mol. The number of hydrogen-bond donors (Lipinski definition) is 1. The smallest absolute Gasteiger partial charge is 0.306 e. The van der Waals surface area contributed by atoms with Crippen LogP contribution in [0.5, 0.6) is 0 Å². The molecule has 22 heavy (non-hydrogen) atoms. The van der Waals surface area contributed by atoms with E-state index in [1.165, 1.54) is 0 Å². The van der Waals surface area contributed by atoms with Crippen molar-refractivity contribution in [1.82, 2.24) is 10.1 Å². The molecule has 1 aromatic rings. The van der Waals surface area contributed by atoms with E-state index in [1.807, 2.05) is 34.6 Å². The summed E-state index contributed by atoms with van der Waals surface area (Å²) in [6, 6.07) is 0. The van der Waals surface area contributed by atoms with Gasteiger partial charge in [0.15, 0.2) is 5.82 Å². The molecule has 0 spiro atoms. The van der Waals surface area contributed by atoms with Crippen LogP contribution in [0.3, 0.4) is 0 Å². The van der Waals surface area contributed by atoms with E-state index >= 15 is 0 Å². The number of carbonyl (C=O) groups is 1. The Morgan fingerprint density at radius 3 is 2.64 bits per heavy atom. The van der Waals surface area contributed by atoms with Gasteiger partial charge in [0.2, 0.25) is 5.89 Å². The SMILES string of the molecule is CC(C)(C)OC(=O)CCc1nc(C2(N)COC(C)(C)C2)no1. The summed E-state index contributed by atoms with van der Waals surface area (Å²) in [6.07, 6.45) is 1.14. The van der Waals surface area contributed by atoms with Gasteiger partial charge < -0.3 is 19.7 Å². The molecule has 1 fully saturated rings. The largest absolute Gasteiger partial charge is 0.460 e. The molecule has 1 saturated heterocycles. The third-order valence-electron chi connectivity index (χ3n) is 3.34. The van der Waals surface area contributed by atoms with Crippen LogP contribution < -0.4 is 5.73 Å². The normalized spacial score (nSPS) is 24.5. The van der Waals surface area contributed by atoms with Crippen LogP contribution in [0.25, 0.3) is 0 Å². The van der Waals surface area contributed by atoms with Crippen LogP contribution in [-0.4, -0.2) is 33.9 Å². The Morgan fingerprint density at radius 1 is 1.41 bits per heavy atom. The zero-order valence-corrected chi connectivity index (χ0v) is 13.9. The second-order valence-corrected chi connectivity index (χ2v) is 7.48. The summed E-state index contributed by atoms with van der Waals surface area (Å²) in [5.74, 6) is 0.521. The lowest BCUT2D eigenvalue weighted by molar-refractivity contribution is -0.154. The zero-order chi connectivity index (χ0) is 16.6. The number of aromatic nitrogens is 2. The Morgan fingerprint density at radius 2 is 2.09 bits per heavy atom. The van der Waals surface area contributed by atoms with E-state index in [4.69, 9.17) is 19.7 Å². The van der Waals surface area contributed by atoms with Crippen LogP contribution in [0.15, 0.2) is 4.52 Å². The number of rotatable bonds is 4. The summed E-state index contributed by atoms with van der Waals surface area (Å²) in [6.45, 7) is 9.79. The van der Waals surface area contributed by atoms with Gasteiger partial charge in [-0.25, -0.2) is 0 Å². The van der Waals surface area contributed by atoms with E-state index in [-0.39, 0.29) is 18.0 Å². The maximum absolute atomic E-state index is 11.7. The van der Waals surface area contributed by atoms with E-state index in [9.17, 15) is 4.79 Å². The van der Waals surface area contributed by atoms with E-state index in [0.29, 0.717) is 31.2 Å². The molecule has 7 nitrogen and oxygen atoms in total. The molecule has 2 rings (SSSR count). The molecule has 1 atom stereocenters. The summed E-state index contributed by atoms with van der Waals surface area (Å²) in [7, 11) is 0. The van der Waals surface area contributed by atoms with Crippen LogP contribution in [-0.2, 0) is 26.2 Å². The predicted molar refractivity (Wildman–Crippen MR) is 79.0 cm³/mol. The van der Waals surface area contributed by atoms with Crippen molar-refractivity contribution in [3.8, 4) is 0 Å². The molecule has 0 aromatic carbocycles. The summed E-state index contributed by atoms with van der Waals surface area (Å²) in [5, 5.41) is 3.94. The van der Waals surface area contributed by atoms with Crippen LogP contribution in [0.1, 0.15) is 59.2 Å². The topological polar surface area (TPSA) is 100 Å². The first kappa shape index (κ1) is 16.9. The average Bonchev–Trinajstić information content (AvgIpc) is 2.90. The molecular weight excluding hydrogens is 286 g/mol. The maximum atomic E-state index is 11.7. The third-order valence-corrected chi connectivity index (χ3v) is 3.34. The Balaban J connectivity index is 1.94. The van der Waals surface area contributed by atoms with Crippen molar-refractivity contribution < 1.29 is 18.8 Å². The molecule has 1 aromatic heterocycles. The number of esters is 1. The molecule has 0 amide bonds. The molecule has 2 heterocycles. The number of nitrogens with two attached hydrogens (primary N) is 1. The molecule has 1 unspecified atom stereocenters. The van der Waals surface area contributed by atoms with E-state index in [1.54, 1.807) is 0 Å². The first-order chi connectivity index (χ1) is 9.99. The minimum absolute atomic E-state index is 0.193. The highest BCUT2D eigenvalue weighted by molar-refractivity contribution is 5.70. The van der Waals surface area contributed by atoms with Crippen molar-refractivity contribution in [2.45, 2.75) is 70.6 Å².